The monoisotopic (exact) mass is 394 g/mol. The van der Waals surface area contributed by atoms with Crippen LogP contribution in [0.3, 0.4) is 0 Å². The maximum atomic E-state index is 12.4. The predicted octanol–water partition coefficient (Wildman–Crippen LogP) is 8.21. The molecule has 2 aliphatic carbocycles. The van der Waals surface area contributed by atoms with Crippen molar-refractivity contribution in [2.45, 2.75) is 73.6 Å². The Morgan fingerprint density at radius 3 is 2.24 bits per heavy atom. The van der Waals surface area contributed by atoms with Gasteiger partial charge in [-0.05, 0) is 61.8 Å². The van der Waals surface area contributed by atoms with Crippen molar-refractivity contribution in [2.75, 3.05) is 0 Å². The van der Waals surface area contributed by atoms with E-state index in [1.54, 1.807) is 6.08 Å². The number of rotatable bonds is 4. The van der Waals surface area contributed by atoms with Gasteiger partial charge in [-0.3, -0.25) is 4.79 Å². The van der Waals surface area contributed by atoms with Crippen molar-refractivity contribution in [1.82, 2.24) is 0 Å². The highest BCUT2D eigenvalue weighted by atomic mass is 16.1. The van der Waals surface area contributed by atoms with Crippen LogP contribution >= 0.6 is 0 Å². The van der Waals surface area contributed by atoms with Crippen LogP contribution in [0.1, 0.15) is 72.9 Å². The first-order valence-corrected chi connectivity index (χ1v) is 11.4. The van der Waals surface area contributed by atoms with Crippen LogP contribution in [-0.4, -0.2) is 5.78 Å². The van der Waals surface area contributed by atoms with Crippen LogP contribution in [0.25, 0.3) is 0 Å². The van der Waals surface area contributed by atoms with Gasteiger partial charge in [-0.2, -0.15) is 0 Å². The molecule has 0 bridgehead atoms. The summed E-state index contributed by atoms with van der Waals surface area (Å²) in [7, 11) is 0. The van der Waals surface area contributed by atoms with Crippen molar-refractivity contribution >= 4 is 5.78 Å². The fourth-order valence-electron chi connectivity index (χ4n) is 4.02. The smallest absolute Gasteiger partial charge is 0.163 e. The van der Waals surface area contributed by atoms with Gasteiger partial charge in [0.25, 0.3) is 0 Å². The first kappa shape index (κ1) is 24.9. The van der Waals surface area contributed by atoms with Gasteiger partial charge in [0.2, 0.25) is 0 Å². The number of carbonyl (C=O) groups is 1. The zero-order valence-electron chi connectivity index (χ0n) is 19.4. The summed E-state index contributed by atoms with van der Waals surface area (Å²) in [4.78, 5) is 12.4. The number of benzene rings is 1. The Morgan fingerprint density at radius 1 is 1.07 bits per heavy atom. The molecule has 1 nitrogen and oxygen atoms in total. The Labute approximate surface area is 180 Å². The van der Waals surface area contributed by atoms with E-state index >= 15 is 0 Å². The van der Waals surface area contributed by atoms with E-state index < -0.39 is 0 Å². The minimum Gasteiger partial charge on any atom is -0.294 e. The molecule has 160 valence electrons. The van der Waals surface area contributed by atoms with Gasteiger partial charge < -0.3 is 0 Å². The first-order valence-electron chi connectivity index (χ1n) is 11.4. The highest BCUT2D eigenvalue weighted by Gasteiger charge is 2.33. The molecule has 1 unspecified atom stereocenters. The van der Waals surface area contributed by atoms with Crippen LogP contribution in [0.4, 0.5) is 0 Å². The SMILES string of the molecule is C=C1/C(=C\C=C(/C)Cc2ccc(C)cc2)C=CC(=O)C1C1CCCC1.CC.CC.[HH]. The zero-order chi connectivity index (χ0) is 21.8. The Balaban J connectivity index is 0.00000159. The van der Waals surface area contributed by atoms with Crippen LogP contribution in [0.15, 0.2) is 71.9 Å². The van der Waals surface area contributed by atoms with Crippen molar-refractivity contribution in [3.05, 3.63) is 83.0 Å². The molecule has 29 heavy (non-hydrogen) atoms. The number of allylic oxidation sites excluding steroid dienone is 7. The molecular weight excluding hydrogens is 352 g/mol. The average Bonchev–Trinajstić information content (AvgIpc) is 3.27. The molecule has 0 radical (unpaired) electrons. The molecule has 0 saturated heterocycles. The lowest BCUT2D eigenvalue weighted by Crippen LogP contribution is -2.25. The first-order chi connectivity index (χ1) is 14.0. The highest BCUT2D eigenvalue weighted by molar-refractivity contribution is 5.97. The van der Waals surface area contributed by atoms with Crippen molar-refractivity contribution in [2.24, 2.45) is 11.8 Å². The van der Waals surface area contributed by atoms with E-state index in [9.17, 15) is 4.79 Å². The summed E-state index contributed by atoms with van der Waals surface area (Å²) in [6, 6.07) is 8.69. The Morgan fingerprint density at radius 2 is 1.66 bits per heavy atom. The maximum Gasteiger partial charge on any atom is 0.163 e. The molecule has 3 rings (SSSR count). The fraction of sp³-hybridized carbons (Fsp3) is 0.464. The molecule has 1 aromatic carbocycles. The van der Waals surface area contributed by atoms with Gasteiger partial charge in [0.1, 0.15) is 0 Å². The molecule has 0 N–H and O–H groups in total. The second-order valence-electron chi connectivity index (χ2n) is 7.58. The van der Waals surface area contributed by atoms with Gasteiger partial charge >= 0.3 is 0 Å². The molecule has 1 aromatic rings. The molecule has 1 fully saturated rings. The summed E-state index contributed by atoms with van der Waals surface area (Å²) >= 11 is 0. The molecule has 0 amide bonds. The molecule has 0 aliphatic heterocycles. The van der Waals surface area contributed by atoms with Crippen LogP contribution < -0.4 is 0 Å². The van der Waals surface area contributed by atoms with Crippen LogP contribution in [0.2, 0.25) is 0 Å². The summed E-state index contributed by atoms with van der Waals surface area (Å²) < 4.78 is 0. The van der Waals surface area contributed by atoms with Crippen molar-refractivity contribution in [3.8, 4) is 0 Å². The van der Waals surface area contributed by atoms with Crippen molar-refractivity contribution < 1.29 is 6.22 Å². The number of hydrogen-bond acceptors (Lipinski definition) is 1. The number of hydrogen-bond donors (Lipinski definition) is 0. The van der Waals surface area contributed by atoms with E-state index in [0.29, 0.717) is 5.92 Å². The van der Waals surface area contributed by atoms with Gasteiger partial charge in [0.05, 0.1) is 0 Å². The van der Waals surface area contributed by atoms with E-state index in [0.717, 1.165) is 17.6 Å². The molecule has 0 aromatic heterocycles. The van der Waals surface area contributed by atoms with E-state index in [4.69, 9.17) is 0 Å². The average molecular weight is 395 g/mol. The minimum absolute atomic E-state index is 0. The summed E-state index contributed by atoms with van der Waals surface area (Å²) in [5, 5.41) is 0. The number of aryl methyl sites for hydroxylation is 1. The van der Waals surface area contributed by atoms with Crippen LogP contribution in [0, 0.1) is 18.8 Å². The summed E-state index contributed by atoms with van der Waals surface area (Å²) in [6.07, 6.45) is 13.8. The summed E-state index contributed by atoms with van der Waals surface area (Å²) in [5.74, 6) is 0.741. The summed E-state index contributed by atoms with van der Waals surface area (Å²) in [5.41, 5.74) is 6.05. The molecular formula is C28H42O. The minimum atomic E-state index is 0. The van der Waals surface area contributed by atoms with Gasteiger partial charge in [0.15, 0.2) is 5.78 Å². The van der Waals surface area contributed by atoms with E-state index in [2.05, 4.69) is 56.8 Å². The quantitative estimate of drug-likeness (QED) is 0.503. The van der Waals surface area contributed by atoms with Crippen molar-refractivity contribution in [1.29, 1.82) is 0 Å². The second kappa shape index (κ2) is 13.1. The second-order valence-corrected chi connectivity index (χ2v) is 7.58. The third kappa shape index (κ3) is 7.31. The van der Waals surface area contributed by atoms with Crippen LogP contribution in [-0.2, 0) is 11.2 Å². The molecule has 2 aliphatic rings. The maximum absolute atomic E-state index is 12.4. The Bertz CT molecular complexity index is 743. The molecule has 0 spiro atoms. The van der Waals surface area contributed by atoms with E-state index in [-0.39, 0.29) is 13.1 Å². The number of ketones is 1. The summed E-state index contributed by atoms with van der Waals surface area (Å²) in [6.45, 7) is 16.5. The molecule has 0 heterocycles. The van der Waals surface area contributed by atoms with E-state index in [1.165, 1.54) is 42.4 Å². The molecule has 1 heteroatoms. The Kier molecular flexibility index (Phi) is 11.3. The highest BCUT2D eigenvalue weighted by Crippen LogP contribution is 2.39. The third-order valence-corrected chi connectivity index (χ3v) is 5.50. The predicted molar refractivity (Wildman–Crippen MR) is 130 cm³/mol. The lowest BCUT2D eigenvalue weighted by Gasteiger charge is -2.27. The van der Waals surface area contributed by atoms with Crippen molar-refractivity contribution in [3.63, 3.8) is 0 Å². The normalized spacial score (nSPS) is 20.8. The van der Waals surface area contributed by atoms with Gasteiger partial charge in [-0.1, -0.05) is 101 Å². The Hall–Kier alpha value is -2.15. The topological polar surface area (TPSA) is 17.1 Å². The van der Waals surface area contributed by atoms with Crippen LogP contribution in [0.5, 0.6) is 0 Å². The zero-order valence-corrected chi connectivity index (χ0v) is 19.4. The van der Waals surface area contributed by atoms with Gasteiger partial charge in [-0.15, -0.1) is 0 Å². The lowest BCUT2D eigenvalue weighted by atomic mass is 9.76. The molecule has 1 saturated carbocycles. The molecule has 1 atom stereocenters. The largest absolute Gasteiger partial charge is 0.294 e. The van der Waals surface area contributed by atoms with Gasteiger partial charge in [0, 0.05) is 7.34 Å². The third-order valence-electron chi connectivity index (χ3n) is 5.50. The van der Waals surface area contributed by atoms with E-state index in [1.807, 2.05) is 33.8 Å². The number of carbonyl (C=O) groups excluding carboxylic acids is 1. The fourth-order valence-corrected chi connectivity index (χ4v) is 4.02. The van der Waals surface area contributed by atoms with Gasteiger partial charge in [-0.25, -0.2) is 0 Å². The lowest BCUT2D eigenvalue weighted by molar-refractivity contribution is -0.118. The standard InChI is InChI=1S/C24H28O.2C2H6.H2/c1-17-8-11-20(12-9-17)16-18(2)10-13-21-14-15-23(25)24(19(21)3)22-6-4-5-7-22;2*1-2;/h8-15,22,24H,3-7,16H2,1-2H3;2*1-2H3;1H/b18-10+,21-13-;;;.